The van der Waals surface area contributed by atoms with E-state index in [0.717, 1.165) is 16.1 Å². The van der Waals surface area contributed by atoms with Crippen LogP contribution in [-0.4, -0.2) is 31.4 Å². The van der Waals surface area contributed by atoms with E-state index in [0.29, 0.717) is 28.4 Å². The van der Waals surface area contributed by atoms with Crippen molar-refractivity contribution in [3.8, 4) is 22.8 Å². The van der Waals surface area contributed by atoms with Gasteiger partial charge in [-0.1, -0.05) is 48.2 Å². The molecule has 3 heterocycles. The van der Waals surface area contributed by atoms with Gasteiger partial charge < -0.3 is 9.73 Å². The fraction of sp³-hybridized carbons (Fsp3) is 0.143. The topological polar surface area (TPSA) is 85.8 Å². The molecule has 7 nitrogen and oxygen atoms in total. The molecule has 0 spiro atoms. The van der Waals surface area contributed by atoms with Crippen molar-refractivity contribution < 1.29 is 9.21 Å². The molecule has 0 unspecified atom stereocenters. The number of carbonyl (C=O) groups excluding carboxylic acids is 1. The van der Waals surface area contributed by atoms with Gasteiger partial charge in [0.2, 0.25) is 11.7 Å². The first-order valence-electron chi connectivity index (χ1n) is 9.19. The fourth-order valence-corrected chi connectivity index (χ4v) is 4.48. The number of aryl methyl sites for hydroxylation is 1. The second-order valence-corrected chi connectivity index (χ2v) is 8.46. The highest BCUT2D eigenvalue weighted by atomic mass is 32.2. The molecule has 4 rings (SSSR count). The van der Waals surface area contributed by atoms with Gasteiger partial charge in [-0.3, -0.25) is 9.36 Å². The van der Waals surface area contributed by atoms with E-state index in [1.165, 1.54) is 23.1 Å². The fourth-order valence-electron chi connectivity index (χ4n) is 2.88. The summed E-state index contributed by atoms with van der Waals surface area (Å²) in [5.41, 5.74) is 1.92. The summed E-state index contributed by atoms with van der Waals surface area (Å²) in [7, 11) is 0. The Morgan fingerprint density at radius 3 is 2.83 bits per heavy atom. The molecule has 0 aliphatic carbocycles. The highest BCUT2D eigenvalue weighted by Crippen LogP contribution is 2.30. The van der Waals surface area contributed by atoms with Crippen molar-refractivity contribution in [1.29, 1.82) is 0 Å². The Hall–Kier alpha value is -3.17. The molecular weight excluding hydrogens is 418 g/mol. The monoisotopic (exact) mass is 437 g/mol. The normalized spacial score (nSPS) is 10.8. The molecule has 1 aromatic carbocycles. The minimum atomic E-state index is -0.152. The molecule has 30 heavy (non-hydrogen) atoms. The second-order valence-electron chi connectivity index (χ2n) is 6.31. The Balaban J connectivity index is 1.43. The summed E-state index contributed by atoms with van der Waals surface area (Å²) in [5.74, 6) is 1.26. The van der Waals surface area contributed by atoms with Gasteiger partial charge in [0.05, 0.1) is 17.7 Å². The quantitative estimate of drug-likeness (QED) is 0.312. The third-order valence-corrected chi connectivity index (χ3v) is 6.05. The second kappa shape index (κ2) is 9.10. The molecule has 0 fully saturated rings. The Bertz CT molecular complexity index is 1150. The maximum absolute atomic E-state index is 12.5. The van der Waals surface area contributed by atoms with Crippen molar-refractivity contribution in [3.05, 3.63) is 66.3 Å². The van der Waals surface area contributed by atoms with Crippen LogP contribution in [0.3, 0.4) is 0 Å². The molecule has 0 atom stereocenters. The number of aromatic nitrogens is 4. The van der Waals surface area contributed by atoms with Crippen molar-refractivity contribution in [2.45, 2.75) is 18.6 Å². The van der Waals surface area contributed by atoms with Crippen molar-refractivity contribution in [1.82, 2.24) is 19.7 Å². The van der Waals surface area contributed by atoms with Crippen LogP contribution in [0.1, 0.15) is 4.88 Å². The highest BCUT2D eigenvalue weighted by Gasteiger charge is 2.17. The summed E-state index contributed by atoms with van der Waals surface area (Å²) in [6.45, 7) is 6.29. The van der Waals surface area contributed by atoms with Crippen LogP contribution < -0.4 is 5.32 Å². The van der Waals surface area contributed by atoms with Crippen molar-refractivity contribution >= 4 is 34.1 Å². The number of hydrogen-bond donors (Lipinski definition) is 1. The summed E-state index contributed by atoms with van der Waals surface area (Å²) < 4.78 is 7.29. The minimum Gasteiger partial charge on any atom is -0.461 e. The van der Waals surface area contributed by atoms with Crippen LogP contribution in [0.2, 0.25) is 0 Å². The van der Waals surface area contributed by atoms with Crippen molar-refractivity contribution in [2.24, 2.45) is 0 Å². The zero-order valence-electron chi connectivity index (χ0n) is 16.2. The molecule has 0 radical (unpaired) electrons. The average Bonchev–Trinajstić information content (AvgIpc) is 3.48. The van der Waals surface area contributed by atoms with E-state index in [2.05, 4.69) is 27.1 Å². The van der Waals surface area contributed by atoms with Gasteiger partial charge in [0.15, 0.2) is 16.0 Å². The summed E-state index contributed by atoms with van der Waals surface area (Å²) >= 11 is 2.77. The lowest BCUT2D eigenvalue weighted by Crippen LogP contribution is -2.14. The van der Waals surface area contributed by atoms with Crippen molar-refractivity contribution in [2.75, 3.05) is 11.1 Å². The van der Waals surface area contributed by atoms with E-state index in [1.807, 2.05) is 47.9 Å². The molecule has 1 N–H and O–H groups in total. The number of nitrogens with one attached hydrogen (secondary N) is 1. The first-order valence-corrected chi connectivity index (χ1v) is 11.0. The zero-order valence-corrected chi connectivity index (χ0v) is 17.9. The predicted octanol–water partition coefficient (Wildman–Crippen LogP) is 4.89. The molecule has 4 aromatic rings. The molecule has 0 saturated heterocycles. The largest absolute Gasteiger partial charge is 0.461 e. The van der Waals surface area contributed by atoms with E-state index in [9.17, 15) is 4.79 Å². The average molecular weight is 438 g/mol. The van der Waals surface area contributed by atoms with Crippen LogP contribution in [0.4, 0.5) is 5.13 Å². The van der Waals surface area contributed by atoms with Gasteiger partial charge in [-0.25, -0.2) is 4.98 Å². The number of allylic oxidation sites excluding steroid dienone is 1. The number of carbonyl (C=O) groups is 1. The molecule has 0 bridgehead atoms. The van der Waals surface area contributed by atoms with E-state index in [1.54, 1.807) is 18.4 Å². The van der Waals surface area contributed by atoms with Gasteiger partial charge in [-0.2, -0.15) is 0 Å². The van der Waals surface area contributed by atoms with Gasteiger partial charge in [-0.05, 0) is 19.1 Å². The number of thioether (sulfide) groups is 1. The Morgan fingerprint density at radius 2 is 2.10 bits per heavy atom. The van der Waals surface area contributed by atoms with Crippen LogP contribution in [0.5, 0.6) is 0 Å². The van der Waals surface area contributed by atoms with E-state index in [4.69, 9.17) is 4.42 Å². The van der Waals surface area contributed by atoms with Gasteiger partial charge >= 0.3 is 0 Å². The number of furan rings is 1. The van der Waals surface area contributed by atoms with Gasteiger partial charge in [0, 0.05) is 17.0 Å². The summed E-state index contributed by atoms with van der Waals surface area (Å²) in [6.07, 6.45) is 3.34. The maximum Gasteiger partial charge on any atom is 0.236 e. The van der Waals surface area contributed by atoms with Gasteiger partial charge in [-0.15, -0.1) is 28.1 Å². The molecule has 3 aromatic heterocycles. The van der Waals surface area contributed by atoms with Crippen LogP contribution in [0.25, 0.3) is 22.8 Å². The van der Waals surface area contributed by atoms with Crippen molar-refractivity contribution in [3.63, 3.8) is 0 Å². The lowest BCUT2D eigenvalue weighted by molar-refractivity contribution is -0.113. The highest BCUT2D eigenvalue weighted by molar-refractivity contribution is 7.99. The Kier molecular flexibility index (Phi) is 6.10. The summed E-state index contributed by atoms with van der Waals surface area (Å²) in [5, 5.41) is 12.5. The Labute approximate surface area is 181 Å². The molecule has 1 amide bonds. The summed E-state index contributed by atoms with van der Waals surface area (Å²) in [6, 6.07) is 13.5. The molecule has 152 valence electrons. The van der Waals surface area contributed by atoms with E-state index in [-0.39, 0.29) is 11.7 Å². The minimum absolute atomic E-state index is 0.152. The molecule has 0 aliphatic rings. The lowest BCUT2D eigenvalue weighted by atomic mass is 10.1. The molecule has 0 saturated carbocycles. The van der Waals surface area contributed by atoms with Crippen LogP contribution in [0.15, 0.2) is 71.0 Å². The Morgan fingerprint density at radius 1 is 1.27 bits per heavy atom. The first-order chi connectivity index (χ1) is 14.7. The van der Waals surface area contributed by atoms with Crippen LogP contribution >= 0.6 is 23.1 Å². The number of anilines is 1. The number of amides is 1. The predicted molar refractivity (Wildman–Crippen MR) is 120 cm³/mol. The SMILES string of the molecule is C=CCn1c(SCC(=O)Nc2nc(-c3ccccc3)c(C)s2)nnc1-c1ccco1. The van der Waals surface area contributed by atoms with Crippen LogP contribution in [-0.2, 0) is 11.3 Å². The first kappa shape index (κ1) is 20.1. The molecule has 9 heteroatoms. The summed E-state index contributed by atoms with van der Waals surface area (Å²) in [4.78, 5) is 18.1. The number of rotatable bonds is 8. The molecule has 0 aliphatic heterocycles. The third-order valence-electron chi connectivity index (χ3n) is 4.19. The van der Waals surface area contributed by atoms with Gasteiger partial charge in [0.1, 0.15) is 0 Å². The number of hydrogen-bond acceptors (Lipinski definition) is 7. The third kappa shape index (κ3) is 4.37. The number of thiazole rings is 1. The van der Waals surface area contributed by atoms with E-state index >= 15 is 0 Å². The van der Waals surface area contributed by atoms with E-state index < -0.39 is 0 Å². The number of benzene rings is 1. The smallest absolute Gasteiger partial charge is 0.236 e. The van der Waals surface area contributed by atoms with Crippen LogP contribution in [0, 0.1) is 6.92 Å². The number of nitrogens with zero attached hydrogens (tertiary/aromatic N) is 4. The maximum atomic E-state index is 12.5. The van der Waals surface area contributed by atoms with Gasteiger partial charge in [0.25, 0.3) is 0 Å². The zero-order chi connectivity index (χ0) is 20.9. The lowest BCUT2D eigenvalue weighted by Gasteiger charge is -2.06. The molecular formula is C21H19N5O2S2. The standard InChI is InChI=1S/C21H19N5O2S2/c1-3-11-26-19(16-10-7-12-28-16)24-25-21(26)29-13-17(27)22-20-23-18(14(2)30-20)15-8-5-4-6-9-15/h3-10,12H,1,11,13H2,2H3,(H,22,23,27).